The van der Waals surface area contributed by atoms with Crippen molar-refractivity contribution in [3.8, 4) is 5.75 Å². The van der Waals surface area contributed by atoms with Gasteiger partial charge in [0.05, 0.1) is 24.8 Å². The Morgan fingerprint density at radius 2 is 1.95 bits per heavy atom. The summed E-state index contributed by atoms with van der Waals surface area (Å²) in [6.07, 6.45) is 3.31. The normalized spacial score (nSPS) is 18.1. The van der Waals surface area contributed by atoms with Crippen LogP contribution in [-0.2, 0) is 17.8 Å². The number of para-hydroxylation sites is 1. The molecule has 3 atom stereocenters. The van der Waals surface area contributed by atoms with Gasteiger partial charge in [0.2, 0.25) is 5.91 Å². The van der Waals surface area contributed by atoms with Gasteiger partial charge < -0.3 is 25.4 Å². The molecule has 3 N–H and O–H groups in total. The van der Waals surface area contributed by atoms with Gasteiger partial charge in [-0.2, -0.15) is 0 Å². The number of likely N-dealkylation sites (N-methyl/N-ethyl adjacent to an activating group) is 1. The van der Waals surface area contributed by atoms with E-state index in [1.54, 1.807) is 47.6 Å². The molecule has 0 spiro atoms. The summed E-state index contributed by atoms with van der Waals surface area (Å²) in [5, 5.41) is 15.1. The molecule has 0 radical (unpaired) electrons. The highest BCUT2D eigenvalue weighted by molar-refractivity contribution is 6.00. The number of nitrogens with one attached hydrogen (secondary N) is 2. The van der Waals surface area contributed by atoms with Gasteiger partial charge in [-0.25, -0.2) is 9.18 Å². The second-order valence-corrected chi connectivity index (χ2v) is 10.3. The molecule has 2 aromatic carbocycles. The van der Waals surface area contributed by atoms with Gasteiger partial charge in [0.15, 0.2) is 0 Å². The van der Waals surface area contributed by atoms with Gasteiger partial charge in [0, 0.05) is 49.2 Å². The maximum absolute atomic E-state index is 14.0. The molecule has 1 aliphatic rings. The summed E-state index contributed by atoms with van der Waals surface area (Å²) in [7, 11) is 2.02. The Kier molecular flexibility index (Phi) is 9.68. The van der Waals surface area contributed by atoms with Crippen molar-refractivity contribution in [2.75, 3.05) is 37.4 Å². The van der Waals surface area contributed by atoms with Crippen molar-refractivity contribution in [3.05, 3.63) is 83.9 Å². The molecule has 1 aliphatic heterocycles. The van der Waals surface area contributed by atoms with E-state index in [0.717, 1.165) is 5.56 Å². The SMILES string of the molecule is C[C@@H]1CN([C@@H](C)CO)C(=O)Cc2cc(NC(=O)Nc3ccccc3F)ccc2O[C@H]1CN(C)Cc1ccncc1. The van der Waals surface area contributed by atoms with Crippen molar-refractivity contribution >= 4 is 23.3 Å². The number of aliphatic hydroxyl groups is 1. The van der Waals surface area contributed by atoms with Gasteiger partial charge in [-0.3, -0.25) is 14.7 Å². The first-order valence-electron chi connectivity index (χ1n) is 13.3. The average molecular weight is 550 g/mol. The number of amides is 3. The van der Waals surface area contributed by atoms with Crippen LogP contribution in [0.25, 0.3) is 0 Å². The lowest BCUT2D eigenvalue weighted by atomic mass is 10.0. The molecular weight excluding hydrogens is 513 g/mol. The summed E-state index contributed by atoms with van der Waals surface area (Å²) in [6, 6.07) is 14.0. The fourth-order valence-electron chi connectivity index (χ4n) is 4.74. The fourth-order valence-corrected chi connectivity index (χ4v) is 4.74. The van der Waals surface area contributed by atoms with Crippen LogP contribution in [0.3, 0.4) is 0 Å². The molecule has 1 aromatic heterocycles. The largest absolute Gasteiger partial charge is 0.488 e. The minimum Gasteiger partial charge on any atom is -0.488 e. The maximum atomic E-state index is 14.0. The Labute approximate surface area is 234 Å². The van der Waals surface area contributed by atoms with E-state index in [2.05, 4.69) is 20.5 Å². The molecule has 10 heteroatoms. The van der Waals surface area contributed by atoms with Crippen molar-refractivity contribution in [2.45, 2.75) is 39.0 Å². The fraction of sp³-hybridized carbons (Fsp3) is 0.367. The number of aliphatic hydroxyl groups excluding tert-OH is 1. The molecule has 2 heterocycles. The molecule has 40 heavy (non-hydrogen) atoms. The molecule has 3 aromatic rings. The first-order valence-corrected chi connectivity index (χ1v) is 13.3. The molecule has 0 bridgehead atoms. The van der Waals surface area contributed by atoms with Crippen molar-refractivity contribution in [1.82, 2.24) is 14.8 Å². The van der Waals surface area contributed by atoms with Gasteiger partial charge in [0.1, 0.15) is 17.7 Å². The maximum Gasteiger partial charge on any atom is 0.323 e. The number of hydrogen-bond acceptors (Lipinski definition) is 6. The number of carbonyl (C=O) groups excluding carboxylic acids is 2. The number of halogens is 1. The molecule has 0 fully saturated rings. The summed E-state index contributed by atoms with van der Waals surface area (Å²) in [5.74, 6) is -0.163. The third-order valence-corrected chi connectivity index (χ3v) is 6.99. The van der Waals surface area contributed by atoms with E-state index in [1.165, 1.54) is 12.1 Å². The van der Waals surface area contributed by atoms with Crippen LogP contribution in [0.2, 0.25) is 0 Å². The Balaban J connectivity index is 1.57. The monoisotopic (exact) mass is 549 g/mol. The van der Waals surface area contributed by atoms with E-state index in [9.17, 15) is 19.1 Å². The summed E-state index contributed by atoms with van der Waals surface area (Å²) in [6.45, 7) is 5.44. The first-order chi connectivity index (χ1) is 19.2. The van der Waals surface area contributed by atoms with Crippen LogP contribution in [0, 0.1) is 11.7 Å². The highest BCUT2D eigenvalue weighted by Crippen LogP contribution is 2.29. The van der Waals surface area contributed by atoms with Crippen LogP contribution in [0.5, 0.6) is 5.75 Å². The van der Waals surface area contributed by atoms with Crippen molar-refractivity contribution in [2.24, 2.45) is 5.92 Å². The number of fused-ring (bicyclic) bond motifs is 1. The van der Waals surface area contributed by atoms with E-state index < -0.39 is 11.8 Å². The number of anilines is 2. The number of urea groups is 1. The minimum atomic E-state index is -0.611. The molecule has 0 saturated carbocycles. The Hall–Kier alpha value is -4.02. The molecule has 212 valence electrons. The predicted octanol–water partition coefficient (Wildman–Crippen LogP) is 4.15. The number of rotatable bonds is 8. The summed E-state index contributed by atoms with van der Waals surface area (Å²) < 4.78 is 20.5. The number of benzene rings is 2. The van der Waals surface area contributed by atoms with Crippen LogP contribution < -0.4 is 15.4 Å². The zero-order valence-electron chi connectivity index (χ0n) is 23.0. The Morgan fingerprint density at radius 1 is 1.20 bits per heavy atom. The second kappa shape index (κ2) is 13.4. The summed E-state index contributed by atoms with van der Waals surface area (Å²) in [4.78, 5) is 33.9. The van der Waals surface area contributed by atoms with E-state index in [1.807, 2.05) is 33.0 Å². The van der Waals surface area contributed by atoms with Gasteiger partial charge in [-0.15, -0.1) is 0 Å². The topological polar surface area (TPSA) is 107 Å². The van der Waals surface area contributed by atoms with Gasteiger partial charge in [-0.1, -0.05) is 19.1 Å². The number of carbonyl (C=O) groups is 2. The van der Waals surface area contributed by atoms with E-state index in [0.29, 0.717) is 36.6 Å². The van der Waals surface area contributed by atoms with E-state index in [4.69, 9.17) is 4.74 Å². The van der Waals surface area contributed by atoms with E-state index >= 15 is 0 Å². The lowest BCUT2D eigenvalue weighted by Crippen LogP contribution is -2.47. The van der Waals surface area contributed by atoms with Crippen molar-refractivity contribution in [1.29, 1.82) is 0 Å². The summed E-state index contributed by atoms with van der Waals surface area (Å²) in [5.41, 5.74) is 2.23. The van der Waals surface area contributed by atoms with Crippen molar-refractivity contribution < 1.29 is 23.8 Å². The molecule has 0 aliphatic carbocycles. The number of ether oxygens (including phenoxy) is 1. The molecule has 9 nitrogen and oxygen atoms in total. The van der Waals surface area contributed by atoms with Crippen LogP contribution in [0.4, 0.5) is 20.6 Å². The quantitative estimate of drug-likeness (QED) is 0.390. The molecule has 3 amide bonds. The summed E-state index contributed by atoms with van der Waals surface area (Å²) >= 11 is 0. The average Bonchev–Trinajstić information content (AvgIpc) is 2.97. The Bertz CT molecular complexity index is 1310. The number of aromatic nitrogens is 1. The highest BCUT2D eigenvalue weighted by atomic mass is 19.1. The molecule has 0 saturated heterocycles. The van der Waals surface area contributed by atoms with Crippen molar-refractivity contribution in [3.63, 3.8) is 0 Å². The van der Waals surface area contributed by atoms with E-state index in [-0.39, 0.29) is 42.7 Å². The second-order valence-electron chi connectivity index (χ2n) is 10.3. The number of nitrogens with zero attached hydrogens (tertiary/aromatic N) is 3. The third kappa shape index (κ3) is 7.55. The Morgan fingerprint density at radius 3 is 2.67 bits per heavy atom. The standard InChI is InChI=1S/C30H36FN5O4/c1-20-16-36(21(2)19-37)29(38)15-23-14-24(33-30(39)34-26-7-5-4-6-25(26)31)8-9-27(23)40-28(20)18-35(3)17-22-10-12-32-13-11-22/h4-14,20-21,28,37H,15-19H2,1-3H3,(H2,33,34,39)/t20-,21+,28+/m1/s1. The lowest BCUT2D eigenvalue weighted by Gasteiger charge is -2.34. The predicted molar refractivity (Wildman–Crippen MR) is 152 cm³/mol. The highest BCUT2D eigenvalue weighted by Gasteiger charge is 2.31. The van der Waals surface area contributed by atoms with Crippen LogP contribution >= 0.6 is 0 Å². The van der Waals surface area contributed by atoms with Gasteiger partial charge in [0.25, 0.3) is 0 Å². The minimum absolute atomic E-state index is 0.0341. The van der Waals surface area contributed by atoms with Gasteiger partial charge in [-0.05, 0) is 62.0 Å². The number of hydrogen-bond donors (Lipinski definition) is 3. The molecule has 4 rings (SSSR count). The van der Waals surface area contributed by atoms with Gasteiger partial charge >= 0.3 is 6.03 Å². The first kappa shape index (κ1) is 29.0. The van der Waals surface area contributed by atoms with Crippen LogP contribution in [0.15, 0.2) is 67.0 Å². The number of pyridine rings is 1. The lowest BCUT2D eigenvalue weighted by molar-refractivity contribution is -0.134. The third-order valence-electron chi connectivity index (χ3n) is 6.99. The van der Waals surface area contributed by atoms with Crippen LogP contribution in [0.1, 0.15) is 25.0 Å². The smallest absolute Gasteiger partial charge is 0.323 e. The zero-order chi connectivity index (χ0) is 28.6. The molecule has 0 unspecified atom stereocenters. The van der Waals surface area contributed by atoms with Crippen LogP contribution in [-0.4, -0.2) is 70.7 Å². The molecular formula is C30H36FN5O4. The zero-order valence-corrected chi connectivity index (χ0v) is 23.0.